The van der Waals surface area contributed by atoms with E-state index >= 15 is 0 Å². The molecular weight excluding hydrogens is 411 g/mol. The summed E-state index contributed by atoms with van der Waals surface area (Å²) in [5.74, 6) is 1.11. The number of ether oxygens (including phenoxy) is 2. The first-order chi connectivity index (χ1) is 15.5. The van der Waals surface area contributed by atoms with Gasteiger partial charge in [-0.15, -0.1) is 0 Å². The molecule has 1 aliphatic rings. The lowest BCUT2D eigenvalue weighted by atomic mass is 10.0. The van der Waals surface area contributed by atoms with Gasteiger partial charge in [0.15, 0.2) is 11.5 Å². The molecule has 0 spiro atoms. The Labute approximate surface area is 188 Å². The number of benzene rings is 2. The van der Waals surface area contributed by atoms with Gasteiger partial charge in [0.05, 0.1) is 20.1 Å². The number of methoxy groups -OCH3 is 1. The molecule has 0 unspecified atom stereocenters. The lowest BCUT2D eigenvalue weighted by Gasteiger charge is -2.32. The quantitative estimate of drug-likeness (QED) is 0.645. The Morgan fingerprint density at radius 1 is 1.06 bits per heavy atom. The Hall–Kier alpha value is -3.09. The molecule has 0 aliphatic carbocycles. The third-order valence-corrected chi connectivity index (χ3v) is 5.65. The van der Waals surface area contributed by atoms with Crippen LogP contribution in [0.1, 0.15) is 37.3 Å². The van der Waals surface area contributed by atoms with E-state index in [1.165, 1.54) is 12.1 Å². The summed E-state index contributed by atoms with van der Waals surface area (Å²) in [5, 5.41) is 3.03. The normalized spacial score (nSPS) is 14.2. The lowest BCUT2D eigenvalue weighted by Crippen LogP contribution is -2.46. The van der Waals surface area contributed by atoms with Gasteiger partial charge in [-0.1, -0.05) is 18.2 Å². The molecule has 0 radical (unpaired) electrons. The standard InChI is InChI=1S/C25H31FN2O4/c1-3-32-22-10-6-18(16-23(22)31-2)7-11-25(30)28-14-12-21(13-15-28)27-24(29)17-19-4-8-20(26)9-5-19/h4-6,8-10,16,21H,3,7,11-15,17H2,1-2H3,(H,27,29). The average molecular weight is 443 g/mol. The molecule has 172 valence electrons. The zero-order chi connectivity index (χ0) is 22.9. The molecule has 0 aromatic heterocycles. The van der Waals surface area contributed by atoms with Crippen LogP contribution in [0.15, 0.2) is 42.5 Å². The van der Waals surface area contributed by atoms with Crippen LogP contribution in [-0.2, 0) is 22.4 Å². The summed E-state index contributed by atoms with van der Waals surface area (Å²) in [6.07, 6.45) is 2.76. The number of hydrogen-bond acceptors (Lipinski definition) is 4. The topological polar surface area (TPSA) is 67.9 Å². The largest absolute Gasteiger partial charge is 0.493 e. The molecule has 6 nitrogen and oxygen atoms in total. The van der Waals surface area contributed by atoms with Gasteiger partial charge >= 0.3 is 0 Å². The molecule has 1 saturated heterocycles. The van der Waals surface area contributed by atoms with Crippen molar-refractivity contribution >= 4 is 11.8 Å². The van der Waals surface area contributed by atoms with Gasteiger partial charge in [-0.2, -0.15) is 0 Å². The van der Waals surface area contributed by atoms with Gasteiger partial charge in [0.2, 0.25) is 11.8 Å². The molecule has 1 aliphatic heterocycles. The number of halogens is 1. The molecule has 1 fully saturated rings. The highest BCUT2D eigenvalue weighted by molar-refractivity contribution is 5.79. The molecule has 1 heterocycles. The summed E-state index contributed by atoms with van der Waals surface area (Å²) < 4.78 is 23.9. The molecule has 0 atom stereocenters. The van der Waals surface area contributed by atoms with E-state index in [2.05, 4.69) is 5.32 Å². The SMILES string of the molecule is CCOc1ccc(CCC(=O)N2CCC(NC(=O)Cc3ccc(F)cc3)CC2)cc1OC. The van der Waals surface area contributed by atoms with Gasteiger partial charge < -0.3 is 19.7 Å². The highest BCUT2D eigenvalue weighted by Gasteiger charge is 2.23. The number of nitrogens with zero attached hydrogens (tertiary/aromatic N) is 1. The first-order valence-corrected chi connectivity index (χ1v) is 11.1. The predicted molar refractivity (Wildman–Crippen MR) is 120 cm³/mol. The molecule has 2 aromatic rings. The van der Waals surface area contributed by atoms with Gasteiger partial charge in [-0.3, -0.25) is 9.59 Å². The van der Waals surface area contributed by atoms with Crippen molar-refractivity contribution in [2.45, 2.75) is 45.1 Å². The van der Waals surface area contributed by atoms with E-state index in [4.69, 9.17) is 9.47 Å². The van der Waals surface area contributed by atoms with E-state index in [9.17, 15) is 14.0 Å². The van der Waals surface area contributed by atoms with Crippen LogP contribution < -0.4 is 14.8 Å². The van der Waals surface area contributed by atoms with E-state index in [1.54, 1.807) is 19.2 Å². The van der Waals surface area contributed by atoms with Crippen molar-refractivity contribution in [1.29, 1.82) is 0 Å². The third-order valence-electron chi connectivity index (χ3n) is 5.65. The van der Waals surface area contributed by atoms with E-state index in [1.807, 2.05) is 30.0 Å². The van der Waals surface area contributed by atoms with Crippen LogP contribution in [0, 0.1) is 5.82 Å². The number of piperidine rings is 1. The molecule has 32 heavy (non-hydrogen) atoms. The van der Waals surface area contributed by atoms with Crippen LogP contribution in [0.5, 0.6) is 11.5 Å². The highest BCUT2D eigenvalue weighted by atomic mass is 19.1. The van der Waals surface area contributed by atoms with Crippen molar-refractivity contribution in [2.24, 2.45) is 0 Å². The highest BCUT2D eigenvalue weighted by Crippen LogP contribution is 2.28. The van der Waals surface area contributed by atoms with Gasteiger partial charge in [0.1, 0.15) is 5.82 Å². The maximum Gasteiger partial charge on any atom is 0.224 e. The van der Waals surface area contributed by atoms with Gasteiger partial charge in [0.25, 0.3) is 0 Å². The first kappa shape index (κ1) is 23.6. The molecule has 0 bridgehead atoms. The molecule has 7 heteroatoms. The maximum atomic E-state index is 13.0. The van der Waals surface area contributed by atoms with Crippen LogP contribution >= 0.6 is 0 Å². The second kappa shape index (κ2) is 11.5. The first-order valence-electron chi connectivity index (χ1n) is 11.1. The Morgan fingerprint density at radius 3 is 2.41 bits per heavy atom. The monoisotopic (exact) mass is 442 g/mol. The molecule has 3 rings (SSSR count). The maximum absolute atomic E-state index is 13.0. The number of carbonyl (C=O) groups excluding carboxylic acids is 2. The summed E-state index contributed by atoms with van der Waals surface area (Å²) in [6, 6.07) is 11.8. The summed E-state index contributed by atoms with van der Waals surface area (Å²) in [6.45, 7) is 3.75. The van der Waals surface area contributed by atoms with E-state index in [-0.39, 0.29) is 30.1 Å². The second-order valence-corrected chi connectivity index (χ2v) is 7.94. The average Bonchev–Trinajstić information content (AvgIpc) is 2.80. The molecule has 1 N–H and O–H groups in total. The molecule has 2 aromatic carbocycles. The second-order valence-electron chi connectivity index (χ2n) is 7.94. The van der Waals surface area contributed by atoms with Crippen LogP contribution in [0.3, 0.4) is 0 Å². The summed E-state index contributed by atoms with van der Waals surface area (Å²) >= 11 is 0. The number of amides is 2. The summed E-state index contributed by atoms with van der Waals surface area (Å²) in [5.41, 5.74) is 1.81. The van der Waals surface area contributed by atoms with Crippen molar-refractivity contribution < 1.29 is 23.5 Å². The van der Waals surface area contributed by atoms with E-state index in [0.29, 0.717) is 44.0 Å². The van der Waals surface area contributed by atoms with E-state index < -0.39 is 0 Å². The molecule has 0 saturated carbocycles. The minimum absolute atomic E-state index is 0.0577. The fourth-order valence-electron chi connectivity index (χ4n) is 3.89. The van der Waals surface area contributed by atoms with Crippen molar-refractivity contribution in [3.63, 3.8) is 0 Å². The minimum Gasteiger partial charge on any atom is -0.493 e. The van der Waals surface area contributed by atoms with Crippen molar-refractivity contribution in [3.8, 4) is 11.5 Å². The Bertz CT molecular complexity index is 909. The van der Waals surface area contributed by atoms with Crippen LogP contribution in [0.25, 0.3) is 0 Å². The van der Waals surface area contributed by atoms with Crippen molar-refractivity contribution in [3.05, 3.63) is 59.4 Å². The van der Waals surface area contributed by atoms with Gasteiger partial charge in [-0.05, 0) is 61.6 Å². The predicted octanol–water partition coefficient (Wildman–Crippen LogP) is 3.52. The van der Waals surface area contributed by atoms with Gasteiger partial charge in [-0.25, -0.2) is 4.39 Å². The third kappa shape index (κ3) is 6.70. The minimum atomic E-state index is -0.312. The smallest absolute Gasteiger partial charge is 0.224 e. The fourth-order valence-corrected chi connectivity index (χ4v) is 3.89. The summed E-state index contributed by atoms with van der Waals surface area (Å²) in [7, 11) is 1.61. The Balaban J connectivity index is 1.41. The lowest BCUT2D eigenvalue weighted by molar-refractivity contribution is -0.132. The number of carbonyl (C=O) groups is 2. The number of nitrogens with one attached hydrogen (secondary N) is 1. The Kier molecular flexibility index (Phi) is 8.48. The Morgan fingerprint density at radius 2 is 1.75 bits per heavy atom. The molecular formula is C25H31FN2O4. The van der Waals surface area contributed by atoms with Crippen LogP contribution in [0.4, 0.5) is 4.39 Å². The zero-order valence-corrected chi connectivity index (χ0v) is 18.7. The van der Waals surface area contributed by atoms with Crippen molar-refractivity contribution in [1.82, 2.24) is 10.2 Å². The van der Waals surface area contributed by atoms with Crippen LogP contribution in [-0.4, -0.2) is 49.6 Å². The van der Waals surface area contributed by atoms with Crippen molar-refractivity contribution in [2.75, 3.05) is 26.8 Å². The number of rotatable bonds is 9. The number of hydrogen-bond donors (Lipinski definition) is 1. The number of likely N-dealkylation sites (tertiary alicyclic amines) is 1. The van der Waals surface area contributed by atoms with E-state index in [0.717, 1.165) is 24.0 Å². The van der Waals surface area contributed by atoms with Crippen LogP contribution in [0.2, 0.25) is 0 Å². The zero-order valence-electron chi connectivity index (χ0n) is 18.7. The number of aryl methyl sites for hydroxylation is 1. The van der Waals surface area contributed by atoms with Gasteiger partial charge in [0, 0.05) is 25.6 Å². The fraction of sp³-hybridized carbons (Fsp3) is 0.440. The summed E-state index contributed by atoms with van der Waals surface area (Å²) in [4.78, 5) is 26.8. The molecule has 2 amide bonds.